The molecule has 4 rings (SSSR count). The summed E-state index contributed by atoms with van der Waals surface area (Å²) in [5.74, 6) is 1.21. The van der Waals surface area contributed by atoms with Gasteiger partial charge in [0.05, 0.1) is 25.3 Å². The topological polar surface area (TPSA) is 74.5 Å². The van der Waals surface area contributed by atoms with Gasteiger partial charge in [0.15, 0.2) is 5.96 Å². The average Bonchev–Trinajstić information content (AvgIpc) is 3.35. The number of hydrogen-bond donors (Lipinski definition) is 2. The Bertz CT molecular complexity index is 830. The van der Waals surface area contributed by atoms with Gasteiger partial charge in [0, 0.05) is 43.7 Å². The van der Waals surface area contributed by atoms with Crippen LogP contribution in [-0.2, 0) is 11.3 Å². The zero-order valence-electron chi connectivity index (χ0n) is 15.8. The molecule has 2 N–H and O–H groups in total. The Morgan fingerprint density at radius 3 is 2.85 bits per heavy atom. The molecule has 2 aromatic rings. The molecule has 3 atom stereocenters. The van der Waals surface area contributed by atoms with E-state index in [0.29, 0.717) is 19.0 Å². The van der Waals surface area contributed by atoms with Crippen molar-refractivity contribution in [2.45, 2.75) is 32.0 Å². The molecular weight excluding hydrogens is 340 g/mol. The maximum atomic E-state index is 12.3. The van der Waals surface area contributed by atoms with Crippen LogP contribution >= 0.6 is 0 Å². The highest BCUT2D eigenvalue weighted by Crippen LogP contribution is 2.36. The van der Waals surface area contributed by atoms with E-state index in [9.17, 15) is 4.79 Å². The molecule has 1 fully saturated rings. The first-order chi connectivity index (χ1) is 13.1. The molecule has 1 saturated heterocycles. The van der Waals surface area contributed by atoms with Gasteiger partial charge in [-0.2, -0.15) is 5.10 Å². The first-order valence-electron chi connectivity index (χ1n) is 9.47. The molecule has 1 amide bonds. The van der Waals surface area contributed by atoms with Crippen LogP contribution in [0, 0.1) is 5.92 Å². The smallest absolute Gasteiger partial charge is 0.223 e. The standard InChI is InChI=1S/C20H26N6O/c1-14-9-21-20(24-14)22-10-16-8-18(27)25(2)19(16)17-11-23-26(13-17)12-15-6-4-3-5-7-15/h3-7,11,13-14,16,19H,8-10,12H2,1-2H3,(H2,21,22,24)/t14?,16-,19+/m0/s1. The van der Waals surface area contributed by atoms with E-state index in [0.717, 1.165) is 24.6 Å². The summed E-state index contributed by atoms with van der Waals surface area (Å²) in [6.07, 6.45) is 4.50. The summed E-state index contributed by atoms with van der Waals surface area (Å²) < 4.78 is 1.94. The second-order valence-corrected chi connectivity index (χ2v) is 7.49. The first-order valence-corrected chi connectivity index (χ1v) is 9.47. The number of aliphatic imine (C=N–C) groups is 1. The molecule has 1 aromatic heterocycles. The van der Waals surface area contributed by atoms with E-state index in [1.165, 1.54) is 5.56 Å². The van der Waals surface area contributed by atoms with Gasteiger partial charge in [-0.15, -0.1) is 0 Å². The summed E-state index contributed by atoms with van der Waals surface area (Å²) in [5, 5.41) is 11.2. The molecule has 2 aliphatic rings. The first kappa shape index (κ1) is 17.6. The molecule has 27 heavy (non-hydrogen) atoms. The molecule has 7 nitrogen and oxygen atoms in total. The lowest BCUT2D eigenvalue weighted by molar-refractivity contribution is -0.127. The molecule has 3 heterocycles. The fraction of sp³-hybridized carbons (Fsp3) is 0.450. The van der Waals surface area contributed by atoms with Gasteiger partial charge in [-0.05, 0) is 12.5 Å². The van der Waals surface area contributed by atoms with Crippen molar-refractivity contribution >= 4 is 11.9 Å². The van der Waals surface area contributed by atoms with Crippen LogP contribution in [0.1, 0.15) is 30.5 Å². The number of guanidine groups is 1. The number of carbonyl (C=O) groups is 1. The quantitative estimate of drug-likeness (QED) is 0.839. The van der Waals surface area contributed by atoms with Crippen LogP contribution in [0.2, 0.25) is 0 Å². The number of aromatic nitrogens is 2. The molecule has 0 spiro atoms. The molecule has 142 valence electrons. The molecule has 0 saturated carbocycles. The summed E-state index contributed by atoms with van der Waals surface area (Å²) in [4.78, 5) is 18.6. The van der Waals surface area contributed by atoms with Gasteiger partial charge in [-0.1, -0.05) is 30.3 Å². The molecule has 0 radical (unpaired) electrons. The minimum atomic E-state index is 0.0361. The predicted molar refractivity (Wildman–Crippen MR) is 104 cm³/mol. The van der Waals surface area contributed by atoms with Crippen molar-refractivity contribution in [2.75, 3.05) is 20.1 Å². The number of nitrogens with zero attached hydrogens (tertiary/aromatic N) is 4. The largest absolute Gasteiger partial charge is 0.356 e. The van der Waals surface area contributed by atoms with Gasteiger partial charge >= 0.3 is 0 Å². The van der Waals surface area contributed by atoms with E-state index < -0.39 is 0 Å². The normalized spacial score (nSPS) is 24.8. The lowest BCUT2D eigenvalue weighted by atomic mass is 9.96. The highest BCUT2D eigenvalue weighted by Gasteiger charge is 2.39. The Morgan fingerprint density at radius 1 is 1.30 bits per heavy atom. The maximum absolute atomic E-state index is 12.3. The van der Waals surface area contributed by atoms with Gasteiger partial charge in [0.1, 0.15) is 0 Å². The third-order valence-corrected chi connectivity index (χ3v) is 5.31. The van der Waals surface area contributed by atoms with Gasteiger partial charge in [0.2, 0.25) is 5.91 Å². The van der Waals surface area contributed by atoms with Crippen LogP contribution in [0.15, 0.2) is 47.7 Å². The van der Waals surface area contributed by atoms with Gasteiger partial charge in [-0.3, -0.25) is 14.5 Å². The predicted octanol–water partition coefficient (Wildman–Crippen LogP) is 1.39. The van der Waals surface area contributed by atoms with Crippen molar-refractivity contribution in [3.8, 4) is 0 Å². The summed E-state index contributed by atoms with van der Waals surface area (Å²) in [6.45, 7) is 4.34. The Kier molecular flexibility index (Phi) is 4.83. The number of rotatable bonds is 5. The Labute approximate surface area is 159 Å². The summed E-state index contributed by atoms with van der Waals surface area (Å²) >= 11 is 0. The Balaban J connectivity index is 1.45. The maximum Gasteiger partial charge on any atom is 0.223 e. The van der Waals surface area contributed by atoms with Crippen LogP contribution in [0.25, 0.3) is 0 Å². The SMILES string of the molecule is CC1CN=C(NC[C@@H]2CC(=O)N(C)[C@H]2c2cnn(Cc3ccccc3)c2)N1. The van der Waals surface area contributed by atoms with Crippen molar-refractivity contribution < 1.29 is 4.79 Å². The van der Waals surface area contributed by atoms with Gasteiger partial charge < -0.3 is 15.5 Å². The average molecular weight is 366 g/mol. The third-order valence-electron chi connectivity index (χ3n) is 5.31. The summed E-state index contributed by atoms with van der Waals surface area (Å²) in [7, 11) is 1.88. The van der Waals surface area contributed by atoms with Crippen LogP contribution < -0.4 is 10.6 Å². The number of likely N-dealkylation sites (tertiary alicyclic amines) is 1. The lowest BCUT2D eigenvalue weighted by Crippen LogP contribution is -2.40. The third kappa shape index (κ3) is 3.82. The van der Waals surface area contributed by atoms with Crippen molar-refractivity contribution in [2.24, 2.45) is 10.9 Å². The summed E-state index contributed by atoms with van der Waals surface area (Å²) in [5.41, 5.74) is 2.29. The summed E-state index contributed by atoms with van der Waals surface area (Å²) in [6, 6.07) is 10.7. The molecule has 1 aromatic carbocycles. The number of carbonyl (C=O) groups excluding carboxylic acids is 1. The fourth-order valence-corrected chi connectivity index (χ4v) is 3.91. The number of hydrogen-bond acceptors (Lipinski definition) is 5. The Morgan fingerprint density at radius 2 is 2.11 bits per heavy atom. The van der Waals surface area contributed by atoms with Crippen molar-refractivity contribution in [3.63, 3.8) is 0 Å². The highest BCUT2D eigenvalue weighted by atomic mass is 16.2. The minimum absolute atomic E-state index is 0.0361. The zero-order valence-corrected chi connectivity index (χ0v) is 15.8. The van der Waals surface area contributed by atoms with Crippen LogP contribution in [-0.4, -0.2) is 52.7 Å². The fourth-order valence-electron chi connectivity index (χ4n) is 3.91. The van der Waals surface area contributed by atoms with E-state index >= 15 is 0 Å². The minimum Gasteiger partial charge on any atom is -0.356 e. The number of nitrogens with one attached hydrogen (secondary N) is 2. The molecular formula is C20H26N6O. The van der Waals surface area contributed by atoms with Crippen molar-refractivity contribution in [1.82, 2.24) is 25.3 Å². The molecule has 1 unspecified atom stereocenters. The Hall–Kier alpha value is -2.83. The van der Waals surface area contributed by atoms with E-state index in [4.69, 9.17) is 0 Å². The van der Waals surface area contributed by atoms with E-state index in [1.54, 1.807) is 0 Å². The molecule has 2 aliphatic heterocycles. The van der Waals surface area contributed by atoms with Crippen LogP contribution in [0.4, 0.5) is 0 Å². The lowest BCUT2D eigenvalue weighted by Gasteiger charge is -2.24. The van der Waals surface area contributed by atoms with Crippen LogP contribution in [0.3, 0.4) is 0 Å². The van der Waals surface area contributed by atoms with Gasteiger partial charge in [-0.25, -0.2) is 0 Å². The number of benzene rings is 1. The van der Waals surface area contributed by atoms with E-state index in [1.807, 2.05) is 41.0 Å². The van der Waals surface area contributed by atoms with E-state index in [-0.39, 0.29) is 17.9 Å². The molecule has 0 bridgehead atoms. The van der Waals surface area contributed by atoms with Crippen molar-refractivity contribution in [1.29, 1.82) is 0 Å². The highest BCUT2D eigenvalue weighted by molar-refractivity contribution is 5.82. The number of amides is 1. The molecule has 0 aliphatic carbocycles. The zero-order chi connectivity index (χ0) is 18.8. The van der Waals surface area contributed by atoms with Crippen molar-refractivity contribution in [3.05, 3.63) is 53.9 Å². The monoisotopic (exact) mass is 366 g/mol. The van der Waals surface area contributed by atoms with E-state index in [2.05, 4.69) is 46.0 Å². The second-order valence-electron chi connectivity index (χ2n) is 7.49. The molecule has 7 heteroatoms. The second kappa shape index (κ2) is 7.42. The van der Waals surface area contributed by atoms with Crippen LogP contribution in [0.5, 0.6) is 0 Å². The van der Waals surface area contributed by atoms with Gasteiger partial charge in [0.25, 0.3) is 0 Å².